The van der Waals surface area contributed by atoms with Gasteiger partial charge in [0.05, 0.1) is 18.4 Å². The van der Waals surface area contributed by atoms with Crippen LogP contribution in [0.15, 0.2) is 28.1 Å². The molecule has 7 heteroatoms. The Labute approximate surface area is 134 Å². The summed E-state index contributed by atoms with van der Waals surface area (Å²) in [4.78, 5) is 24.3. The van der Waals surface area contributed by atoms with Crippen LogP contribution >= 0.6 is 27.3 Å². The van der Waals surface area contributed by atoms with Crippen molar-refractivity contribution in [2.75, 3.05) is 18.2 Å². The first-order valence-corrected chi connectivity index (χ1v) is 7.64. The van der Waals surface area contributed by atoms with Crippen molar-refractivity contribution < 1.29 is 14.3 Å². The van der Waals surface area contributed by atoms with Gasteiger partial charge in [-0.25, -0.2) is 4.79 Å². The van der Waals surface area contributed by atoms with Crippen molar-refractivity contribution in [2.24, 2.45) is 0 Å². The summed E-state index contributed by atoms with van der Waals surface area (Å²) in [6.45, 7) is 1.81. The van der Waals surface area contributed by atoms with E-state index in [1.807, 2.05) is 6.92 Å². The fraction of sp³-hybridized carbons (Fsp3) is 0.143. The summed E-state index contributed by atoms with van der Waals surface area (Å²) in [7, 11) is 1.30. The molecule has 0 saturated heterocycles. The summed E-state index contributed by atoms with van der Waals surface area (Å²) in [6.07, 6.45) is 0. The van der Waals surface area contributed by atoms with E-state index in [4.69, 9.17) is 10.5 Å². The molecule has 1 amide bonds. The van der Waals surface area contributed by atoms with Crippen LogP contribution in [0.2, 0.25) is 0 Å². The molecule has 1 heterocycles. The molecule has 0 aliphatic rings. The Hall–Kier alpha value is -1.86. The molecule has 0 aliphatic carbocycles. The number of carbonyl (C=O) groups is 2. The first kappa shape index (κ1) is 15.5. The Morgan fingerprint density at radius 2 is 2.10 bits per heavy atom. The van der Waals surface area contributed by atoms with Gasteiger partial charge >= 0.3 is 5.97 Å². The lowest BCUT2D eigenvalue weighted by atomic mass is 10.1. The number of ether oxygens (including phenoxy) is 1. The standard InChI is InChI=1S/C14H13BrN2O3S/c1-7-6-21-12(14(19)20-2)11(7)17-13(18)9-4-3-8(15)5-10(9)16/h3-6H,16H2,1-2H3,(H,17,18). The van der Waals surface area contributed by atoms with Gasteiger partial charge in [0.15, 0.2) is 0 Å². The van der Waals surface area contributed by atoms with E-state index in [1.165, 1.54) is 18.4 Å². The zero-order valence-electron chi connectivity index (χ0n) is 11.4. The Morgan fingerprint density at radius 1 is 1.38 bits per heavy atom. The second-order valence-corrected chi connectivity index (χ2v) is 6.10. The van der Waals surface area contributed by atoms with Gasteiger partial charge in [-0.05, 0) is 36.1 Å². The first-order chi connectivity index (χ1) is 9.93. The number of nitrogen functional groups attached to an aromatic ring is 1. The maximum absolute atomic E-state index is 12.3. The van der Waals surface area contributed by atoms with Gasteiger partial charge in [-0.1, -0.05) is 15.9 Å². The van der Waals surface area contributed by atoms with Crippen molar-refractivity contribution in [2.45, 2.75) is 6.92 Å². The van der Waals surface area contributed by atoms with Crippen LogP contribution in [0, 0.1) is 6.92 Å². The number of halogens is 1. The number of aryl methyl sites for hydroxylation is 1. The van der Waals surface area contributed by atoms with Crippen LogP contribution in [0.5, 0.6) is 0 Å². The van der Waals surface area contributed by atoms with Crippen molar-refractivity contribution in [3.05, 3.63) is 44.1 Å². The minimum atomic E-state index is -0.479. The molecule has 0 aliphatic heterocycles. The Kier molecular flexibility index (Phi) is 4.64. The van der Waals surface area contributed by atoms with Crippen LogP contribution in [0.25, 0.3) is 0 Å². The van der Waals surface area contributed by atoms with Gasteiger partial charge < -0.3 is 15.8 Å². The molecule has 1 aromatic carbocycles. The number of methoxy groups -OCH3 is 1. The normalized spacial score (nSPS) is 10.2. The third-order valence-electron chi connectivity index (χ3n) is 2.84. The number of hydrogen-bond acceptors (Lipinski definition) is 5. The van der Waals surface area contributed by atoms with Crippen LogP contribution < -0.4 is 11.1 Å². The zero-order chi connectivity index (χ0) is 15.6. The molecule has 0 radical (unpaired) electrons. The molecule has 1 aromatic heterocycles. The molecule has 0 fully saturated rings. The number of nitrogens with two attached hydrogens (primary N) is 1. The Morgan fingerprint density at radius 3 is 2.71 bits per heavy atom. The molecule has 2 aromatic rings. The molecular formula is C14H13BrN2O3S. The van der Waals surface area contributed by atoms with E-state index >= 15 is 0 Å². The summed E-state index contributed by atoms with van der Waals surface area (Å²) in [6, 6.07) is 5.00. The molecule has 0 bridgehead atoms. The maximum atomic E-state index is 12.3. The minimum Gasteiger partial charge on any atom is -0.465 e. The second-order valence-electron chi connectivity index (χ2n) is 4.30. The first-order valence-electron chi connectivity index (χ1n) is 5.96. The smallest absolute Gasteiger partial charge is 0.350 e. The lowest BCUT2D eigenvalue weighted by Crippen LogP contribution is -2.16. The predicted octanol–water partition coefficient (Wildman–Crippen LogP) is 3.44. The van der Waals surface area contributed by atoms with Crippen molar-refractivity contribution in [1.29, 1.82) is 0 Å². The highest BCUT2D eigenvalue weighted by Crippen LogP contribution is 2.29. The highest BCUT2D eigenvalue weighted by Gasteiger charge is 2.20. The maximum Gasteiger partial charge on any atom is 0.350 e. The quantitative estimate of drug-likeness (QED) is 0.642. The highest BCUT2D eigenvalue weighted by molar-refractivity contribution is 9.10. The molecule has 2 rings (SSSR count). The Balaban J connectivity index is 2.32. The topological polar surface area (TPSA) is 81.4 Å². The monoisotopic (exact) mass is 368 g/mol. The number of hydrogen-bond donors (Lipinski definition) is 2. The average Bonchev–Trinajstić information content (AvgIpc) is 2.79. The van der Waals surface area contributed by atoms with Crippen LogP contribution in [0.3, 0.4) is 0 Å². The second kappa shape index (κ2) is 6.28. The van der Waals surface area contributed by atoms with E-state index in [-0.39, 0.29) is 5.91 Å². The fourth-order valence-electron chi connectivity index (χ4n) is 1.76. The summed E-state index contributed by atoms with van der Waals surface area (Å²) in [5, 5.41) is 4.51. The number of nitrogens with one attached hydrogen (secondary N) is 1. The summed E-state index contributed by atoms with van der Waals surface area (Å²) < 4.78 is 5.50. The van der Waals surface area contributed by atoms with Crippen molar-refractivity contribution >= 4 is 50.5 Å². The molecule has 110 valence electrons. The van der Waals surface area contributed by atoms with Crippen molar-refractivity contribution in [1.82, 2.24) is 0 Å². The number of benzene rings is 1. The van der Waals surface area contributed by atoms with E-state index in [0.717, 1.165) is 10.0 Å². The minimum absolute atomic E-state index is 0.347. The van der Waals surface area contributed by atoms with Gasteiger partial charge in [0.1, 0.15) is 4.88 Å². The molecule has 3 N–H and O–H groups in total. The van der Waals surface area contributed by atoms with Crippen molar-refractivity contribution in [3.63, 3.8) is 0 Å². The van der Waals surface area contributed by atoms with Gasteiger partial charge in [0.25, 0.3) is 5.91 Å². The van der Waals surface area contributed by atoms with Crippen LogP contribution in [-0.4, -0.2) is 19.0 Å². The molecular weight excluding hydrogens is 356 g/mol. The van der Waals surface area contributed by atoms with Gasteiger partial charge in [0.2, 0.25) is 0 Å². The largest absolute Gasteiger partial charge is 0.465 e. The predicted molar refractivity (Wildman–Crippen MR) is 86.9 cm³/mol. The summed E-state index contributed by atoms with van der Waals surface area (Å²) in [5.74, 6) is -0.848. The molecule has 0 saturated carbocycles. The van der Waals surface area contributed by atoms with E-state index in [1.54, 1.807) is 23.6 Å². The van der Waals surface area contributed by atoms with Gasteiger partial charge in [-0.15, -0.1) is 11.3 Å². The number of anilines is 2. The molecule has 0 atom stereocenters. The SMILES string of the molecule is COC(=O)c1scc(C)c1NC(=O)c1ccc(Br)cc1N. The van der Waals surface area contributed by atoms with Crippen LogP contribution in [-0.2, 0) is 4.74 Å². The molecule has 5 nitrogen and oxygen atoms in total. The number of carbonyl (C=O) groups excluding carboxylic acids is 2. The number of amides is 1. The molecule has 0 unspecified atom stereocenters. The van der Waals surface area contributed by atoms with Crippen LogP contribution in [0.4, 0.5) is 11.4 Å². The van der Waals surface area contributed by atoms with E-state index in [2.05, 4.69) is 21.2 Å². The molecule has 0 spiro atoms. The van der Waals surface area contributed by atoms with Gasteiger partial charge in [-0.3, -0.25) is 4.79 Å². The van der Waals surface area contributed by atoms with Gasteiger partial charge in [0, 0.05) is 10.2 Å². The number of rotatable bonds is 3. The summed E-state index contributed by atoms with van der Waals surface area (Å²) in [5.41, 5.74) is 7.79. The number of thiophene rings is 1. The Bertz CT molecular complexity index is 712. The van der Waals surface area contributed by atoms with E-state index in [9.17, 15) is 9.59 Å². The third kappa shape index (κ3) is 3.25. The van der Waals surface area contributed by atoms with Gasteiger partial charge in [-0.2, -0.15) is 0 Å². The lowest BCUT2D eigenvalue weighted by molar-refractivity contribution is 0.0607. The highest BCUT2D eigenvalue weighted by atomic mass is 79.9. The average molecular weight is 369 g/mol. The fourth-order valence-corrected chi connectivity index (χ4v) is 3.06. The number of esters is 1. The van der Waals surface area contributed by atoms with E-state index < -0.39 is 5.97 Å². The summed E-state index contributed by atoms with van der Waals surface area (Å²) >= 11 is 4.51. The third-order valence-corrected chi connectivity index (χ3v) is 4.41. The molecule has 21 heavy (non-hydrogen) atoms. The zero-order valence-corrected chi connectivity index (χ0v) is 13.8. The van der Waals surface area contributed by atoms with E-state index in [0.29, 0.717) is 21.8 Å². The lowest BCUT2D eigenvalue weighted by Gasteiger charge is -2.09. The van der Waals surface area contributed by atoms with Crippen molar-refractivity contribution in [3.8, 4) is 0 Å². The van der Waals surface area contributed by atoms with Crippen LogP contribution in [0.1, 0.15) is 25.6 Å².